The molecule has 0 amide bonds. The maximum Gasteiger partial charge on any atom is 0.105 e. The Kier molecular flexibility index (Phi) is 2.64. The lowest BCUT2D eigenvalue weighted by atomic mass is 10.0. The molecular formula is C10H17N3. The molecule has 72 valence electrons. The average molecular weight is 179 g/mol. The standard InChI is InChI=1S/C10H17N3/c1-9-11-6-8-13(9)7-2-3-10-4-5-12-10/h6,8,10,12H,2-5,7H2,1H3. The SMILES string of the molecule is Cc1nccn1CCCC1CCN1. The number of hydrogen-bond acceptors (Lipinski definition) is 2. The van der Waals surface area contributed by atoms with Crippen LogP contribution >= 0.6 is 0 Å². The van der Waals surface area contributed by atoms with E-state index in [9.17, 15) is 0 Å². The lowest BCUT2D eigenvalue weighted by Gasteiger charge is -2.27. The second-order valence-corrected chi connectivity index (χ2v) is 3.75. The first-order chi connectivity index (χ1) is 6.36. The molecule has 0 aliphatic carbocycles. The Bertz CT molecular complexity index is 263. The van der Waals surface area contributed by atoms with Crippen LogP contribution in [0.1, 0.15) is 25.1 Å². The smallest absolute Gasteiger partial charge is 0.105 e. The third-order valence-electron chi connectivity index (χ3n) is 2.80. The van der Waals surface area contributed by atoms with Crippen LogP contribution in [0.4, 0.5) is 0 Å². The molecule has 3 nitrogen and oxygen atoms in total. The molecule has 1 aliphatic heterocycles. The van der Waals surface area contributed by atoms with Crippen molar-refractivity contribution in [2.45, 2.75) is 38.8 Å². The largest absolute Gasteiger partial charge is 0.335 e. The summed E-state index contributed by atoms with van der Waals surface area (Å²) in [7, 11) is 0. The monoisotopic (exact) mass is 179 g/mol. The third-order valence-corrected chi connectivity index (χ3v) is 2.80. The van der Waals surface area contributed by atoms with E-state index in [1.165, 1.54) is 25.8 Å². The van der Waals surface area contributed by atoms with Crippen molar-refractivity contribution in [2.75, 3.05) is 6.54 Å². The molecular weight excluding hydrogens is 162 g/mol. The van der Waals surface area contributed by atoms with Gasteiger partial charge in [0.2, 0.25) is 0 Å². The van der Waals surface area contributed by atoms with Gasteiger partial charge >= 0.3 is 0 Å². The second kappa shape index (κ2) is 3.92. The molecule has 2 rings (SSSR count). The van der Waals surface area contributed by atoms with Gasteiger partial charge in [0.1, 0.15) is 5.82 Å². The summed E-state index contributed by atoms with van der Waals surface area (Å²) < 4.78 is 2.22. The van der Waals surface area contributed by atoms with Gasteiger partial charge in [-0.1, -0.05) is 0 Å². The van der Waals surface area contributed by atoms with Crippen molar-refractivity contribution >= 4 is 0 Å². The molecule has 1 fully saturated rings. The minimum absolute atomic E-state index is 0.795. The number of aryl methyl sites for hydroxylation is 2. The van der Waals surface area contributed by atoms with Crippen LogP contribution < -0.4 is 5.32 Å². The molecule has 1 N–H and O–H groups in total. The van der Waals surface area contributed by atoms with E-state index in [2.05, 4.69) is 28.0 Å². The first-order valence-corrected chi connectivity index (χ1v) is 5.07. The zero-order chi connectivity index (χ0) is 9.10. The van der Waals surface area contributed by atoms with Crippen molar-refractivity contribution in [1.82, 2.24) is 14.9 Å². The van der Waals surface area contributed by atoms with Crippen LogP contribution in [0.15, 0.2) is 12.4 Å². The predicted octanol–water partition coefficient (Wildman–Crippen LogP) is 1.33. The van der Waals surface area contributed by atoms with E-state index in [1.807, 2.05) is 6.20 Å². The van der Waals surface area contributed by atoms with Crippen molar-refractivity contribution < 1.29 is 0 Å². The fraction of sp³-hybridized carbons (Fsp3) is 0.700. The highest BCUT2D eigenvalue weighted by Crippen LogP contribution is 2.10. The topological polar surface area (TPSA) is 29.9 Å². The van der Waals surface area contributed by atoms with Crippen LogP contribution in [-0.4, -0.2) is 22.1 Å². The van der Waals surface area contributed by atoms with Crippen molar-refractivity contribution in [2.24, 2.45) is 0 Å². The molecule has 0 aromatic carbocycles. The second-order valence-electron chi connectivity index (χ2n) is 3.75. The Morgan fingerprint density at radius 3 is 3.08 bits per heavy atom. The zero-order valence-corrected chi connectivity index (χ0v) is 8.16. The molecule has 1 aromatic heterocycles. The Morgan fingerprint density at radius 1 is 1.69 bits per heavy atom. The zero-order valence-electron chi connectivity index (χ0n) is 8.16. The molecule has 1 unspecified atom stereocenters. The maximum absolute atomic E-state index is 4.20. The van der Waals surface area contributed by atoms with Gasteiger partial charge in [0.25, 0.3) is 0 Å². The van der Waals surface area contributed by atoms with Crippen molar-refractivity contribution in [1.29, 1.82) is 0 Å². The Hall–Kier alpha value is -0.830. The highest BCUT2D eigenvalue weighted by molar-refractivity contribution is 4.88. The molecule has 1 saturated heterocycles. The maximum atomic E-state index is 4.20. The Balaban J connectivity index is 1.70. The van der Waals surface area contributed by atoms with E-state index in [0.717, 1.165) is 18.4 Å². The normalized spacial score (nSPS) is 21.5. The summed E-state index contributed by atoms with van der Waals surface area (Å²) in [5, 5.41) is 3.42. The number of hydrogen-bond donors (Lipinski definition) is 1. The molecule has 3 heteroatoms. The van der Waals surface area contributed by atoms with E-state index in [1.54, 1.807) is 0 Å². The van der Waals surface area contributed by atoms with Gasteiger partial charge in [0.05, 0.1) is 0 Å². The quantitative estimate of drug-likeness (QED) is 0.755. The van der Waals surface area contributed by atoms with E-state index >= 15 is 0 Å². The van der Waals surface area contributed by atoms with Crippen LogP contribution in [-0.2, 0) is 6.54 Å². The summed E-state index contributed by atoms with van der Waals surface area (Å²) in [6, 6.07) is 0.795. The van der Waals surface area contributed by atoms with Gasteiger partial charge in [0, 0.05) is 25.0 Å². The Labute approximate surface area is 79.2 Å². The molecule has 1 aliphatic rings. The van der Waals surface area contributed by atoms with Gasteiger partial charge in [0.15, 0.2) is 0 Å². The fourth-order valence-corrected chi connectivity index (χ4v) is 1.74. The fourth-order valence-electron chi connectivity index (χ4n) is 1.74. The molecule has 0 radical (unpaired) electrons. The summed E-state index contributed by atoms with van der Waals surface area (Å²) in [4.78, 5) is 4.20. The first-order valence-electron chi connectivity index (χ1n) is 5.07. The van der Waals surface area contributed by atoms with E-state index in [4.69, 9.17) is 0 Å². The minimum Gasteiger partial charge on any atom is -0.335 e. The molecule has 0 bridgehead atoms. The van der Waals surface area contributed by atoms with Gasteiger partial charge in [-0.3, -0.25) is 0 Å². The summed E-state index contributed by atoms with van der Waals surface area (Å²) in [5.41, 5.74) is 0. The van der Waals surface area contributed by atoms with Crippen molar-refractivity contribution in [3.05, 3.63) is 18.2 Å². The molecule has 0 saturated carbocycles. The third kappa shape index (κ3) is 2.10. The summed E-state index contributed by atoms with van der Waals surface area (Å²) in [6.07, 6.45) is 7.86. The van der Waals surface area contributed by atoms with Crippen LogP contribution in [0, 0.1) is 6.92 Å². The molecule has 0 spiro atoms. The van der Waals surface area contributed by atoms with Gasteiger partial charge in [-0.2, -0.15) is 0 Å². The molecule has 1 aromatic rings. The Morgan fingerprint density at radius 2 is 2.54 bits per heavy atom. The highest BCUT2D eigenvalue weighted by Gasteiger charge is 2.14. The van der Waals surface area contributed by atoms with Gasteiger partial charge < -0.3 is 9.88 Å². The average Bonchev–Trinajstić information content (AvgIpc) is 2.42. The molecule has 2 heterocycles. The summed E-state index contributed by atoms with van der Waals surface area (Å²) in [5.74, 6) is 1.13. The summed E-state index contributed by atoms with van der Waals surface area (Å²) in [6.45, 7) is 4.39. The van der Waals surface area contributed by atoms with Crippen LogP contribution in [0.5, 0.6) is 0 Å². The number of rotatable bonds is 4. The van der Waals surface area contributed by atoms with Gasteiger partial charge in [-0.15, -0.1) is 0 Å². The lowest BCUT2D eigenvalue weighted by Crippen LogP contribution is -2.42. The van der Waals surface area contributed by atoms with Gasteiger partial charge in [-0.05, 0) is 32.7 Å². The number of imidazole rings is 1. The number of nitrogens with zero attached hydrogens (tertiary/aromatic N) is 2. The highest BCUT2D eigenvalue weighted by atomic mass is 15.0. The predicted molar refractivity (Wildman–Crippen MR) is 52.6 cm³/mol. The van der Waals surface area contributed by atoms with E-state index in [-0.39, 0.29) is 0 Å². The van der Waals surface area contributed by atoms with Crippen LogP contribution in [0.25, 0.3) is 0 Å². The van der Waals surface area contributed by atoms with Gasteiger partial charge in [-0.25, -0.2) is 4.98 Å². The van der Waals surface area contributed by atoms with E-state index in [0.29, 0.717) is 0 Å². The van der Waals surface area contributed by atoms with Crippen LogP contribution in [0.3, 0.4) is 0 Å². The van der Waals surface area contributed by atoms with Crippen molar-refractivity contribution in [3.63, 3.8) is 0 Å². The summed E-state index contributed by atoms with van der Waals surface area (Å²) >= 11 is 0. The van der Waals surface area contributed by atoms with Crippen molar-refractivity contribution in [3.8, 4) is 0 Å². The molecule has 1 atom stereocenters. The van der Waals surface area contributed by atoms with E-state index < -0.39 is 0 Å². The minimum atomic E-state index is 0.795. The lowest BCUT2D eigenvalue weighted by molar-refractivity contribution is 0.337. The van der Waals surface area contributed by atoms with Crippen LogP contribution in [0.2, 0.25) is 0 Å². The first kappa shape index (κ1) is 8.75. The number of aromatic nitrogens is 2. The molecule has 13 heavy (non-hydrogen) atoms. The number of nitrogens with one attached hydrogen (secondary N) is 1.